The van der Waals surface area contributed by atoms with E-state index in [1.54, 1.807) is 0 Å². The van der Waals surface area contributed by atoms with Crippen LogP contribution in [-0.2, 0) is 4.79 Å². The maximum Gasteiger partial charge on any atom is 0.243 e. The predicted octanol–water partition coefficient (Wildman–Crippen LogP) is 5.85. The third-order valence-corrected chi connectivity index (χ3v) is 7.78. The molecule has 1 atom stereocenters. The molecule has 7 heteroatoms. The van der Waals surface area contributed by atoms with Gasteiger partial charge in [0.2, 0.25) is 5.91 Å². The molecule has 1 N–H and O–H groups in total. The second-order valence-electron chi connectivity index (χ2n) is 10.6. The minimum absolute atomic E-state index is 0.145. The van der Waals surface area contributed by atoms with Crippen LogP contribution in [0.3, 0.4) is 0 Å². The summed E-state index contributed by atoms with van der Waals surface area (Å²) in [6, 6.07) is 31.3. The topological polar surface area (TPSA) is 85.1 Å². The molecule has 0 bridgehead atoms. The lowest BCUT2D eigenvalue weighted by atomic mass is 9.96. The molecule has 1 aliphatic rings. The van der Waals surface area contributed by atoms with Crippen molar-refractivity contribution in [3.8, 4) is 6.07 Å². The molecule has 0 aliphatic carbocycles. The van der Waals surface area contributed by atoms with Crippen LogP contribution >= 0.6 is 0 Å². The summed E-state index contributed by atoms with van der Waals surface area (Å²) in [7, 11) is 0. The monoisotopic (exact) mass is 546 g/mol. The minimum Gasteiger partial charge on any atom is -0.355 e. The number of hydrogen-bond acceptors (Lipinski definition) is 6. The van der Waals surface area contributed by atoms with E-state index in [-0.39, 0.29) is 11.9 Å². The van der Waals surface area contributed by atoms with Gasteiger partial charge in [0.05, 0.1) is 23.1 Å². The number of nitrogens with zero attached hydrogens (tertiary/aromatic N) is 5. The Morgan fingerprint density at radius 3 is 2.00 bits per heavy atom. The van der Waals surface area contributed by atoms with Crippen molar-refractivity contribution in [2.75, 3.05) is 37.6 Å². The number of amides is 1. The third-order valence-electron chi connectivity index (χ3n) is 7.78. The van der Waals surface area contributed by atoms with Crippen LogP contribution in [0.4, 0.5) is 5.82 Å². The first-order valence-electron chi connectivity index (χ1n) is 14.7. The minimum atomic E-state index is -1.02. The Labute approximate surface area is 242 Å². The van der Waals surface area contributed by atoms with Crippen LogP contribution in [0.25, 0.3) is 11.0 Å². The van der Waals surface area contributed by atoms with Crippen LogP contribution in [0.15, 0.2) is 84.9 Å². The van der Waals surface area contributed by atoms with E-state index in [9.17, 15) is 10.1 Å². The van der Waals surface area contributed by atoms with Gasteiger partial charge in [-0.1, -0.05) is 99.0 Å². The molecule has 4 aromatic rings. The van der Waals surface area contributed by atoms with Gasteiger partial charge in [-0.3, -0.25) is 9.69 Å². The summed E-state index contributed by atoms with van der Waals surface area (Å²) >= 11 is 0. The van der Waals surface area contributed by atoms with E-state index in [0.29, 0.717) is 36.7 Å². The second-order valence-corrected chi connectivity index (χ2v) is 10.6. The summed E-state index contributed by atoms with van der Waals surface area (Å²) in [5.41, 5.74) is 4.41. The largest absolute Gasteiger partial charge is 0.355 e. The molecule has 1 aromatic heterocycles. The summed E-state index contributed by atoms with van der Waals surface area (Å²) in [4.78, 5) is 27.7. The summed E-state index contributed by atoms with van der Waals surface area (Å²) in [6.45, 7) is 5.77. The maximum atomic E-state index is 13.2. The number of carbonyl (C=O) groups excluding carboxylic acids is 1. The van der Waals surface area contributed by atoms with Gasteiger partial charge in [0, 0.05) is 32.7 Å². The van der Waals surface area contributed by atoms with Gasteiger partial charge >= 0.3 is 0 Å². The summed E-state index contributed by atoms with van der Waals surface area (Å²) < 4.78 is 0. The lowest BCUT2D eigenvalue weighted by molar-refractivity contribution is -0.121. The zero-order valence-corrected chi connectivity index (χ0v) is 23.7. The normalized spacial score (nSPS) is 14.6. The number of para-hydroxylation sites is 2. The number of fused-ring (bicyclic) bond motifs is 1. The zero-order chi connectivity index (χ0) is 28.4. The van der Waals surface area contributed by atoms with Crippen molar-refractivity contribution in [1.29, 1.82) is 5.26 Å². The van der Waals surface area contributed by atoms with Crippen LogP contribution in [-0.4, -0.2) is 53.5 Å². The Bertz CT molecular complexity index is 1420. The highest BCUT2D eigenvalue weighted by atomic mass is 16.1. The molecule has 0 spiro atoms. The third kappa shape index (κ3) is 6.72. The first-order valence-corrected chi connectivity index (χ1v) is 14.7. The van der Waals surface area contributed by atoms with Crippen LogP contribution in [0, 0.1) is 11.3 Å². The molecule has 41 heavy (non-hydrogen) atoms. The van der Waals surface area contributed by atoms with Crippen molar-refractivity contribution in [2.24, 2.45) is 0 Å². The number of benzene rings is 3. The van der Waals surface area contributed by atoms with Crippen molar-refractivity contribution >= 4 is 22.8 Å². The average molecular weight is 547 g/mol. The van der Waals surface area contributed by atoms with Gasteiger partial charge in [0.25, 0.3) is 0 Å². The maximum absolute atomic E-state index is 13.2. The molecule has 3 aromatic carbocycles. The molecule has 1 amide bonds. The Hall–Kier alpha value is -4.28. The van der Waals surface area contributed by atoms with Crippen LogP contribution in [0.2, 0.25) is 0 Å². The number of aromatic nitrogens is 2. The number of nitrogens with one attached hydrogen (secondary N) is 1. The van der Waals surface area contributed by atoms with Crippen molar-refractivity contribution in [1.82, 2.24) is 20.2 Å². The van der Waals surface area contributed by atoms with Gasteiger partial charge in [-0.15, -0.1) is 0 Å². The van der Waals surface area contributed by atoms with Crippen LogP contribution < -0.4 is 10.2 Å². The van der Waals surface area contributed by atoms with Gasteiger partial charge in [0.15, 0.2) is 11.7 Å². The number of unbranched alkanes of at least 4 members (excludes halogenated alkanes) is 3. The zero-order valence-electron chi connectivity index (χ0n) is 23.7. The Morgan fingerprint density at radius 2 is 1.41 bits per heavy atom. The van der Waals surface area contributed by atoms with Crippen molar-refractivity contribution in [2.45, 2.75) is 44.6 Å². The van der Waals surface area contributed by atoms with Gasteiger partial charge in [-0.2, -0.15) is 5.26 Å². The fourth-order valence-electron chi connectivity index (χ4n) is 5.62. The van der Waals surface area contributed by atoms with Crippen molar-refractivity contribution < 1.29 is 4.79 Å². The molecule has 7 nitrogen and oxygen atoms in total. The number of carbonyl (C=O) groups is 1. The van der Waals surface area contributed by atoms with Gasteiger partial charge in [-0.05, 0) is 29.7 Å². The number of rotatable bonds is 11. The first-order chi connectivity index (χ1) is 20.2. The highest BCUT2D eigenvalue weighted by molar-refractivity contribution is 5.88. The van der Waals surface area contributed by atoms with E-state index in [2.05, 4.69) is 88.8 Å². The molecular weight excluding hydrogens is 508 g/mol. The highest BCUT2D eigenvalue weighted by Gasteiger charge is 2.32. The highest BCUT2D eigenvalue weighted by Crippen LogP contribution is 2.32. The molecular formula is C34H38N6O. The molecule has 1 aliphatic heterocycles. The molecule has 1 fully saturated rings. The Kier molecular flexibility index (Phi) is 9.56. The fourth-order valence-corrected chi connectivity index (χ4v) is 5.62. The molecule has 1 saturated heterocycles. The molecule has 5 rings (SSSR count). The molecule has 1 unspecified atom stereocenters. The van der Waals surface area contributed by atoms with E-state index in [1.807, 2.05) is 24.3 Å². The fraction of sp³-hybridized carbons (Fsp3) is 0.353. The van der Waals surface area contributed by atoms with Gasteiger partial charge in [0.1, 0.15) is 5.69 Å². The SMILES string of the molecule is CCCCCCNC(=O)C(C#N)c1nc2ccccc2nc1N1CCN(C(c2ccccc2)c2ccccc2)CC1. The van der Waals surface area contributed by atoms with Gasteiger partial charge < -0.3 is 10.2 Å². The van der Waals surface area contributed by atoms with Crippen molar-refractivity contribution in [3.63, 3.8) is 0 Å². The van der Waals surface area contributed by atoms with Gasteiger partial charge in [-0.25, -0.2) is 9.97 Å². The van der Waals surface area contributed by atoms with E-state index in [4.69, 9.17) is 9.97 Å². The number of hydrogen-bond donors (Lipinski definition) is 1. The molecule has 0 radical (unpaired) electrons. The lowest BCUT2D eigenvalue weighted by Crippen LogP contribution is -2.48. The Morgan fingerprint density at radius 1 is 0.829 bits per heavy atom. The summed E-state index contributed by atoms with van der Waals surface area (Å²) in [5.74, 6) is -0.693. The second kappa shape index (κ2) is 13.9. The van der Waals surface area contributed by atoms with Crippen LogP contribution in [0.1, 0.15) is 61.4 Å². The summed E-state index contributed by atoms with van der Waals surface area (Å²) in [5, 5.41) is 13.1. The smallest absolute Gasteiger partial charge is 0.243 e. The van der Waals surface area contributed by atoms with Crippen molar-refractivity contribution in [3.05, 3.63) is 102 Å². The predicted molar refractivity (Wildman–Crippen MR) is 164 cm³/mol. The Balaban J connectivity index is 1.39. The summed E-state index contributed by atoms with van der Waals surface area (Å²) in [6.07, 6.45) is 4.24. The molecule has 2 heterocycles. The number of piperazine rings is 1. The standard InChI is InChI=1S/C34H38N6O/c1-2-3-4-13-20-36-34(41)28(25-35)31-33(38-30-19-12-11-18-29(30)37-31)40-23-21-39(22-24-40)32(26-14-7-5-8-15-26)27-16-9-6-10-17-27/h5-12,14-19,28,32H,2-4,13,20-24H2,1H3,(H,36,41). The first kappa shape index (κ1) is 28.3. The average Bonchev–Trinajstić information content (AvgIpc) is 3.02. The molecule has 210 valence electrons. The lowest BCUT2D eigenvalue weighted by Gasteiger charge is -2.40. The van der Waals surface area contributed by atoms with E-state index >= 15 is 0 Å². The van der Waals surface area contributed by atoms with E-state index < -0.39 is 5.92 Å². The quantitative estimate of drug-likeness (QED) is 0.238. The number of nitriles is 1. The molecule has 0 saturated carbocycles. The van der Waals surface area contributed by atoms with Crippen LogP contribution in [0.5, 0.6) is 0 Å². The van der Waals surface area contributed by atoms with E-state index in [0.717, 1.165) is 44.3 Å². The van der Waals surface area contributed by atoms with E-state index in [1.165, 1.54) is 11.1 Å². The number of anilines is 1.